The molecule has 1 amide bonds. The van der Waals surface area contributed by atoms with Crippen LogP contribution in [-0.2, 0) is 9.59 Å². The zero-order chi connectivity index (χ0) is 13.8. The first-order valence-electron chi connectivity index (χ1n) is 6.28. The SMILES string of the molecule is CC(=O)CCC(=O)N[C@@H]1CCSc2c(F)cccc21. The van der Waals surface area contributed by atoms with Gasteiger partial charge < -0.3 is 10.1 Å². The Morgan fingerprint density at radius 3 is 2.95 bits per heavy atom. The van der Waals surface area contributed by atoms with Crippen LogP contribution in [0.25, 0.3) is 0 Å². The van der Waals surface area contributed by atoms with E-state index in [1.54, 1.807) is 6.07 Å². The molecule has 102 valence electrons. The van der Waals surface area contributed by atoms with Crippen LogP contribution in [0, 0.1) is 5.82 Å². The van der Waals surface area contributed by atoms with Crippen LogP contribution in [0.1, 0.15) is 37.8 Å². The summed E-state index contributed by atoms with van der Waals surface area (Å²) in [5.41, 5.74) is 0.840. The summed E-state index contributed by atoms with van der Waals surface area (Å²) in [5, 5.41) is 2.89. The van der Waals surface area contributed by atoms with Gasteiger partial charge in [-0.2, -0.15) is 0 Å². The molecule has 1 aromatic carbocycles. The number of fused-ring (bicyclic) bond motifs is 1. The number of halogens is 1. The lowest BCUT2D eigenvalue weighted by atomic mass is 10.0. The molecule has 0 fully saturated rings. The average Bonchev–Trinajstić information content (AvgIpc) is 2.38. The molecule has 19 heavy (non-hydrogen) atoms. The van der Waals surface area contributed by atoms with Gasteiger partial charge in [-0.25, -0.2) is 4.39 Å². The molecule has 0 aromatic heterocycles. The zero-order valence-corrected chi connectivity index (χ0v) is 11.6. The van der Waals surface area contributed by atoms with Gasteiger partial charge in [0.25, 0.3) is 0 Å². The Balaban J connectivity index is 2.05. The van der Waals surface area contributed by atoms with Gasteiger partial charge in [0.2, 0.25) is 5.91 Å². The molecular formula is C14H16FNO2S. The predicted octanol–water partition coefficient (Wildman–Crippen LogP) is 2.85. The molecular weight excluding hydrogens is 265 g/mol. The summed E-state index contributed by atoms with van der Waals surface area (Å²) in [5.74, 6) is 0.402. The number of carbonyl (C=O) groups is 2. The van der Waals surface area contributed by atoms with Crippen molar-refractivity contribution in [2.24, 2.45) is 0 Å². The van der Waals surface area contributed by atoms with Gasteiger partial charge in [0.05, 0.1) is 6.04 Å². The second-order valence-corrected chi connectivity index (χ2v) is 5.72. The maximum atomic E-state index is 13.7. The standard InChI is InChI=1S/C14H16FNO2S/c1-9(17)5-6-13(18)16-12-7-8-19-14-10(12)3-2-4-11(14)15/h2-4,12H,5-8H2,1H3,(H,16,18)/t12-/m1/s1. The van der Waals surface area contributed by atoms with Crippen molar-refractivity contribution in [3.05, 3.63) is 29.6 Å². The van der Waals surface area contributed by atoms with Gasteiger partial charge in [0, 0.05) is 23.5 Å². The van der Waals surface area contributed by atoms with Gasteiger partial charge in [0.15, 0.2) is 0 Å². The highest BCUT2D eigenvalue weighted by molar-refractivity contribution is 7.99. The number of hydrogen-bond acceptors (Lipinski definition) is 3. The van der Waals surface area contributed by atoms with E-state index in [0.29, 0.717) is 4.90 Å². The molecule has 1 aromatic rings. The quantitative estimate of drug-likeness (QED) is 0.923. The summed E-state index contributed by atoms with van der Waals surface area (Å²) in [4.78, 5) is 23.2. The number of rotatable bonds is 4. The zero-order valence-electron chi connectivity index (χ0n) is 10.7. The molecule has 2 rings (SSSR count). The summed E-state index contributed by atoms with van der Waals surface area (Å²) in [6, 6.07) is 4.80. The summed E-state index contributed by atoms with van der Waals surface area (Å²) in [7, 11) is 0. The van der Waals surface area contributed by atoms with Crippen LogP contribution >= 0.6 is 11.8 Å². The molecule has 1 atom stereocenters. The number of carbonyl (C=O) groups excluding carboxylic acids is 2. The van der Waals surface area contributed by atoms with E-state index in [4.69, 9.17) is 0 Å². The second kappa shape index (κ2) is 6.19. The molecule has 0 saturated heterocycles. The lowest BCUT2D eigenvalue weighted by molar-refractivity contribution is -0.125. The van der Waals surface area contributed by atoms with Crippen LogP contribution in [-0.4, -0.2) is 17.4 Å². The van der Waals surface area contributed by atoms with E-state index in [1.807, 2.05) is 6.07 Å². The number of amides is 1. The number of hydrogen-bond donors (Lipinski definition) is 1. The van der Waals surface area contributed by atoms with Gasteiger partial charge in [0.1, 0.15) is 11.6 Å². The van der Waals surface area contributed by atoms with Crippen LogP contribution < -0.4 is 5.32 Å². The smallest absolute Gasteiger partial charge is 0.220 e. The largest absolute Gasteiger partial charge is 0.349 e. The predicted molar refractivity (Wildman–Crippen MR) is 72.5 cm³/mol. The minimum Gasteiger partial charge on any atom is -0.349 e. The van der Waals surface area contributed by atoms with E-state index in [-0.39, 0.29) is 36.4 Å². The summed E-state index contributed by atoms with van der Waals surface area (Å²) in [6.07, 6.45) is 1.24. The van der Waals surface area contributed by atoms with E-state index < -0.39 is 0 Å². The van der Waals surface area contributed by atoms with E-state index in [1.165, 1.54) is 24.8 Å². The first kappa shape index (κ1) is 14.1. The van der Waals surface area contributed by atoms with E-state index in [2.05, 4.69) is 5.32 Å². The Morgan fingerprint density at radius 1 is 1.42 bits per heavy atom. The third-order valence-electron chi connectivity index (χ3n) is 3.07. The van der Waals surface area contributed by atoms with E-state index >= 15 is 0 Å². The molecule has 0 saturated carbocycles. The van der Waals surface area contributed by atoms with Gasteiger partial charge in [-0.3, -0.25) is 4.79 Å². The van der Waals surface area contributed by atoms with Gasteiger partial charge >= 0.3 is 0 Å². The molecule has 0 unspecified atom stereocenters. The normalized spacial score (nSPS) is 17.7. The number of thioether (sulfide) groups is 1. The van der Waals surface area contributed by atoms with Crippen molar-refractivity contribution in [3.63, 3.8) is 0 Å². The Hall–Kier alpha value is -1.36. The van der Waals surface area contributed by atoms with E-state index in [9.17, 15) is 14.0 Å². The lowest BCUT2D eigenvalue weighted by Crippen LogP contribution is -2.31. The number of benzene rings is 1. The van der Waals surface area contributed by atoms with Crippen molar-refractivity contribution >= 4 is 23.5 Å². The van der Waals surface area contributed by atoms with Crippen molar-refractivity contribution in [1.29, 1.82) is 0 Å². The van der Waals surface area contributed by atoms with Crippen molar-refractivity contribution < 1.29 is 14.0 Å². The van der Waals surface area contributed by atoms with Crippen LogP contribution in [0.3, 0.4) is 0 Å². The Kier molecular flexibility index (Phi) is 4.58. The Labute approximate surface area is 116 Å². The van der Waals surface area contributed by atoms with Crippen molar-refractivity contribution in [3.8, 4) is 0 Å². The fourth-order valence-electron chi connectivity index (χ4n) is 2.09. The summed E-state index contributed by atoms with van der Waals surface area (Å²) < 4.78 is 13.7. The fourth-order valence-corrected chi connectivity index (χ4v) is 3.23. The molecule has 1 aliphatic heterocycles. The van der Waals surface area contributed by atoms with Crippen LogP contribution in [0.15, 0.2) is 23.1 Å². The average molecular weight is 281 g/mol. The van der Waals surface area contributed by atoms with E-state index in [0.717, 1.165) is 17.7 Å². The van der Waals surface area contributed by atoms with Crippen LogP contribution in [0.2, 0.25) is 0 Å². The monoisotopic (exact) mass is 281 g/mol. The molecule has 1 heterocycles. The van der Waals surface area contributed by atoms with Crippen LogP contribution in [0.4, 0.5) is 4.39 Å². The molecule has 0 spiro atoms. The van der Waals surface area contributed by atoms with Crippen molar-refractivity contribution in [2.45, 2.75) is 37.1 Å². The number of nitrogens with one attached hydrogen (secondary N) is 1. The fraction of sp³-hybridized carbons (Fsp3) is 0.429. The third kappa shape index (κ3) is 3.56. The highest BCUT2D eigenvalue weighted by atomic mass is 32.2. The topological polar surface area (TPSA) is 46.2 Å². The molecule has 3 nitrogen and oxygen atoms in total. The molecule has 0 bridgehead atoms. The molecule has 0 aliphatic carbocycles. The summed E-state index contributed by atoms with van der Waals surface area (Å²) in [6.45, 7) is 1.47. The third-order valence-corrected chi connectivity index (χ3v) is 4.22. The minimum atomic E-state index is -0.231. The maximum Gasteiger partial charge on any atom is 0.220 e. The number of ketones is 1. The van der Waals surface area contributed by atoms with Crippen molar-refractivity contribution in [2.75, 3.05) is 5.75 Å². The van der Waals surface area contributed by atoms with Crippen molar-refractivity contribution in [1.82, 2.24) is 5.32 Å². The van der Waals surface area contributed by atoms with Gasteiger partial charge in [-0.1, -0.05) is 12.1 Å². The van der Waals surface area contributed by atoms with Crippen LogP contribution in [0.5, 0.6) is 0 Å². The molecule has 1 N–H and O–H groups in total. The highest BCUT2D eigenvalue weighted by Crippen LogP contribution is 2.37. The second-order valence-electron chi connectivity index (χ2n) is 4.62. The molecule has 0 radical (unpaired) electrons. The first-order chi connectivity index (χ1) is 9.08. The number of Topliss-reactive ketones (excluding diaryl/α,β-unsaturated/α-hetero) is 1. The minimum absolute atomic E-state index is 0.000735. The first-order valence-corrected chi connectivity index (χ1v) is 7.26. The summed E-state index contributed by atoms with van der Waals surface area (Å²) >= 11 is 1.48. The van der Waals surface area contributed by atoms with Gasteiger partial charge in [-0.05, 0) is 25.0 Å². The van der Waals surface area contributed by atoms with Gasteiger partial charge in [-0.15, -0.1) is 11.8 Å². The molecule has 5 heteroatoms. The maximum absolute atomic E-state index is 13.7. The highest BCUT2D eigenvalue weighted by Gasteiger charge is 2.24. The Bertz CT molecular complexity index is 504. The lowest BCUT2D eigenvalue weighted by Gasteiger charge is -2.26. The molecule has 1 aliphatic rings. The Morgan fingerprint density at radius 2 is 2.21 bits per heavy atom.